The van der Waals surface area contributed by atoms with E-state index in [0.29, 0.717) is 0 Å². The molecule has 0 aliphatic rings. The third-order valence-corrected chi connectivity index (χ3v) is 3.93. The third kappa shape index (κ3) is 1.12. The maximum absolute atomic E-state index is 4.71. The SMILES string of the molecule is c1ccc2c(c1)ccc1nc3[nH]c4ccccc4n3c12. The Kier molecular flexibility index (Phi) is 1.70. The topological polar surface area (TPSA) is 33.1 Å². The lowest BCUT2D eigenvalue weighted by Gasteiger charge is -2.00. The molecule has 0 bridgehead atoms. The molecule has 0 saturated heterocycles. The summed E-state index contributed by atoms with van der Waals surface area (Å²) in [7, 11) is 0. The highest BCUT2D eigenvalue weighted by atomic mass is 15.1. The van der Waals surface area contributed by atoms with Gasteiger partial charge in [0.05, 0.1) is 22.1 Å². The molecule has 0 amide bonds. The predicted octanol–water partition coefficient (Wildman–Crippen LogP) is 4.12. The molecule has 0 aliphatic heterocycles. The van der Waals surface area contributed by atoms with Crippen LogP contribution in [0.25, 0.3) is 38.6 Å². The normalized spacial score (nSPS) is 12.0. The highest BCUT2D eigenvalue weighted by Crippen LogP contribution is 2.29. The molecular formula is C17H11N3. The summed E-state index contributed by atoms with van der Waals surface area (Å²) in [5.41, 5.74) is 4.49. The van der Waals surface area contributed by atoms with Gasteiger partial charge in [-0.2, -0.15) is 0 Å². The Balaban J connectivity index is 2.17. The molecule has 0 saturated carbocycles. The molecule has 0 atom stereocenters. The van der Waals surface area contributed by atoms with Gasteiger partial charge in [-0.15, -0.1) is 0 Å². The molecule has 3 aromatic carbocycles. The van der Waals surface area contributed by atoms with E-state index in [1.165, 1.54) is 21.8 Å². The number of imidazole rings is 2. The highest BCUT2D eigenvalue weighted by Gasteiger charge is 2.12. The van der Waals surface area contributed by atoms with Gasteiger partial charge in [0.2, 0.25) is 5.78 Å². The number of aromatic nitrogens is 3. The number of hydrogen-bond acceptors (Lipinski definition) is 1. The minimum atomic E-state index is 0.901. The number of aromatic amines is 1. The summed E-state index contributed by atoms with van der Waals surface area (Å²) in [5, 5.41) is 2.48. The number of H-pyrrole nitrogens is 1. The zero-order valence-electron chi connectivity index (χ0n) is 10.7. The van der Waals surface area contributed by atoms with Crippen molar-refractivity contribution in [1.29, 1.82) is 0 Å². The van der Waals surface area contributed by atoms with E-state index >= 15 is 0 Å². The number of nitrogens with zero attached hydrogens (tertiary/aromatic N) is 2. The third-order valence-electron chi connectivity index (χ3n) is 3.93. The Hall–Kier alpha value is -2.81. The standard InChI is InChI=1S/C17H11N3/c1-2-6-12-11(5-1)9-10-14-16(12)20-15-8-4-3-7-13(15)18-17(20)19-14/h1-10H,(H,18,19). The quantitative estimate of drug-likeness (QED) is 0.444. The molecule has 5 rings (SSSR count). The lowest BCUT2D eigenvalue weighted by molar-refractivity contribution is 1.28. The van der Waals surface area contributed by atoms with E-state index in [2.05, 4.69) is 64.0 Å². The Morgan fingerprint density at radius 1 is 0.850 bits per heavy atom. The number of fused-ring (bicyclic) bond motifs is 7. The largest absolute Gasteiger partial charge is 0.323 e. The summed E-state index contributed by atoms with van der Waals surface area (Å²) in [4.78, 5) is 8.09. The molecule has 0 unspecified atom stereocenters. The van der Waals surface area contributed by atoms with Gasteiger partial charge in [-0.25, -0.2) is 4.98 Å². The maximum Gasteiger partial charge on any atom is 0.213 e. The molecule has 3 heteroatoms. The summed E-state index contributed by atoms with van der Waals surface area (Å²) in [6.45, 7) is 0. The molecule has 5 aromatic rings. The second-order valence-corrected chi connectivity index (χ2v) is 5.07. The van der Waals surface area contributed by atoms with E-state index in [0.717, 1.165) is 16.8 Å². The van der Waals surface area contributed by atoms with Crippen LogP contribution in [0.1, 0.15) is 0 Å². The lowest BCUT2D eigenvalue weighted by Crippen LogP contribution is -1.82. The molecule has 0 spiro atoms. The number of para-hydroxylation sites is 2. The Morgan fingerprint density at radius 2 is 1.70 bits per heavy atom. The van der Waals surface area contributed by atoms with E-state index in [4.69, 9.17) is 4.98 Å². The number of hydrogen-bond donors (Lipinski definition) is 1. The zero-order valence-corrected chi connectivity index (χ0v) is 10.7. The van der Waals surface area contributed by atoms with Gasteiger partial charge in [-0.3, -0.25) is 4.40 Å². The summed E-state index contributed by atoms with van der Waals surface area (Å²) < 4.78 is 2.22. The zero-order chi connectivity index (χ0) is 13.1. The second kappa shape index (κ2) is 3.39. The molecule has 0 aliphatic carbocycles. The van der Waals surface area contributed by atoms with Crippen LogP contribution in [-0.4, -0.2) is 14.4 Å². The fraction of sp³-hybridized carbons (Fsp3) is 0. The fourth-order valence-corrected chi connectivity index (χ4v) is 3.05. The van der Waals surface area contributed by atoms with Crippen LogP contribution < -0.4 is 0 Å². The van der Waals surface area contributed by atoms with Crippen LogP contribution in [0.4, 0.5) is 0 Å². The second-order valence-electron chi connectivity index (χ2n) is 5.07. The lowest BCUT2D eigenvalue weighted by atomic mass is 10.1. The van der Waals surface area contributed by atoms with E-state index in [1.807, 2.05) is 6.07 Å². The van der Waals surface area contributed by atoms with Crippen LogP contribution in [0.3, 0.4) is 0 Å². The van der Waals surface area contributed by atoms with Gasteiger partial charge >= 0.3 is 0 Å². The maximum atomic E-state index is 4.71. The first-order chi connectivity index (χ1) is 9.92. The molecular weight excluding hydrogens is 246 g/mol. The van der Waals surface area contributed by atoms with Crippen molar-refractivity contribution < 1.29 is 0 Å². The van der Waals surface area contributed by atoms with Gasteiger partial charge in [0.1, 0.15) is 0 Å². The fourth-order valence-electron chi connectivity index (χ4n) is 3.05. The van der Waals surface area contributed by atoms with Gasteiger partial charge in [0.15, 0.2) is 0 Å². The summed E-state index contributed by atoms with van der Waals surface area (Å²) >= 11 is 0. The summed E-state index contributed by atoms with van der Waals surface area (Å²) in [6.07, 6.45) is 0. The minimum Gasteiger partial charge on any atom is -0.323 e. The molecule has 2 aromatic heterocycles. The summed E-state index contributed by atoms with van der Waals surface area (Å²) in [5.74, 6) is 0.901. The summed E-state index contributed by atoms with van der Waals surface area (Å²) in [6, 6.07) is 21.0. The monoisotopic (exact) mass is 257 g/mol. The van der Waals surface area contributed by atoms with Crippen molar-refractivity contribution in [3.63, 3.8) is 0 Å². The Bertz CT molecular complexity index is 1100. The van der Waals surface area contributed by atoms with Crippen LogP contribution >= 0.6 is 0 Å². The van der Waals surface area contributed by atoms with Gasteiger partial charge < -0.3 is 4.98 Å². The van der Waals surface area contributed by atoms with Crippen LogP contribution in [0, 0.1) is 0 Å². The first-order valence-electron chi connectivity index (χ1n) is 6.68. The van der Waals surface area contributed by atoms with E-state index in [1.54, 1.807) is 0 Å². The first-order valence-corrected chi connectivity index (χ1v) is 6.68. The molecule has 0 radical (unpaired) electrons. The van der Waals surface area contributed by atoms with Crippen LogP contribution in [0.5, 0.6) is 0 Å². The van der Waals surface area contributed by atoms with Crippen LogP contribution in [0.15, 0.2) is 60.7 Å². The van der Waals surface area contributed by atoms with Crippen molar-refractivity contribution in [3.05, 3.63) is 60.7 Å². The average molecular weight is 257 g/mol. The van der Waals surface area contributed by atoms with Crippen molar-refractivity contribution >= 4 is 38.6 Å². The molecule has 1 N–H and O–H groups in total. The average Bonchev–Trinajstić information content (AvgIpc) is 3.02. The van der Waals surface area contributed by atoms with Crippen LogP contribution in [0.2, 0.25) is 0 Å². The van der Waals surface area contributed by atoms with Gasteiger partial charge in [0, 0.05) is 5.39 Å². The van der Waals surface area contributed by atoms with Crippen LogP contribution in [-0.2, 0) is 0 Å². The molecule has 94 valence electrons. The van der Waals surface area contributed by atoms with E-state index in [9.17, 15) is 0 Å². The number of rotatable bonds is 0. The molecule has 2 heterocycles. The van der Waals surface area contributed by atoms with Crippen molar-refractivity contribution in [1.82, 2.24) is 14.4 Å². The number of benzene rings is 3. The van der Waals surface area contributed by atoms with Crippen molar-refractivity contribution in [2.24, 2.45) is 0 Å². The Morgan fingerprint density at radius 3 is 2.70 bits per heavy atom. The van der Waals surface area contributed by atoms with Gasteiger partial charge in [0.25, 0.3) is 0 Å². The number of nitrogens with one attached hydrogen (secondary N) is 1. The predicted molar refractivity (Wildman–Crippen MR) is 82.1 cm³/mol. The first kappa shape index (κ1) is 10.0. The van der Waals surface area contributed by atoms with Gasteiger partial charge in [-0.05, 0) is 23.6 Å². The van der Waals surface area contributed by atoms with E-state index < -0.39 is 0 Å². The van der Waals surface area contributed by atoms with E-state index in [-0.39, 0.29) is 0 Å². The van der Waals surface area contributed by atoms with Crippen molar-refractivity contribution in [2.75, 3.05) is 0 Å². The smallest absolute Gasteiger partial charge is 0.213 e. The van der Waals surface area contributed by atoms with Crippen molar-refractivity contribution in [2.45, 2.75) is 0 Å². The molecule has 3 nitrogen and oxygen atoms in total. The minimum absolute atomic E-state index is 0.901. The molecule has 20 heavy (non-hydrogen) atoms. The highest BCUT2D eigenvalue weighted by molar-refractivity contribution is 6.07. The van der Waals surface area contributed by atoms with Crippen molar-refractivity contribution in [3.8, 4) is 0 Å². The Labute approximate surface area is 114 Å². The van der Waals surface area contributed by atoms with Gasteiger partial charge in [-0.1, -0.05) is 42.5 Å². The molecule has 0 fully saturated rings.